The number of likely N-dealkylation sites (tertiary alicyclic amines) is 1. The molecule has 1 amide bonds. The number of ether oxygens (including phenoxy) is 1. The second kappa shape index (κ2) is 7.94. The number of nitrogens with zero attached hydrogens (tertiary/aromatic N) is 1. The highest BCUT2D eigenvalue weighted by Crippen LogP contribution is 2.24. The quantitative estimate of drug-likeness (QED) is 0.675. The number of carbonyl (C=O) groups excluding carboxylic acids is 1. The standard InChI is InChI=1S/C23H29NO2/c1-23(2,3)26-22(25)24-17-7-6-14-20(24)15-9-13-19-12-8-11-18-10-4-5-16-21(18)19/h4-5,8-13,16,20H,6-7,14-15,17H2,1-3H3/b13-9+. The number of amides is 1. The van der Waals surface area contributed by atoms with E-state index in [4.69, 9.17) is 4.74 Å². The summed E-state index contributed by atoms with van der Waals surface area (Å²) in [5.74, 6) is 0. The van der Waals surface area contributed by atoms with Crippen LogP contribution in [-0.2, 0) is 4.74 Å². The van der Waals surface area contributed by atoms with Crippen LogP contribution in [0.3, 0.4) is 0 Å². The monoisotopic (exact) mass is 351 g/mol. The second-order valence-corrected chi connectivity index (χ2v) is 8.03. The van der Waals surface area contributed by atoms with Crippen molar-refractivity contribution < 1.29 is 9.53 Å². The van der Waals surface area contributed by atoms with Gasteiger partial charge in [0, 0.05) is 12.6 Å². The Morgan fingerprint density at radius 3 is 2.73 bits per heavy atom. The van der Waals surface area contributed by atoms with E-state index in [1.807, 2.05) is 25.7 Å². The summed E-state index contributed by atoms with van der Waals surface area (Å²) < 4.78 is 5.59. The molecule has 3 heteroatoms. The van der Waals surface area contributed by atoms with E-state index in [0.717, 1.165) is 25.8 Å². The summed E-state index contributed by atoms with van der Waals surface area (Å²) in [6.45, 7) is 6.56. The molecule has 3 rings (SSSR count). The zero-order valence-electron chi connectivity index (χ0n) is 16.1. The van der Waals surface area contributed by atoms with E-state index < -0.39 is 5.60 Å². The molecular weight excluding hydrogens is 322 g/mol. The fraction of sp³-hybridized carbons (Fsp3) is 0.435. The van der Waals surface area contributed by atoms with Crippen molar-refractivity contribution in [3.05, 3.63) is 54.1 Å². The summed E-state index contributed by atoms with van der Waals surface area (Å²) in [4.78, 5) is 14.4. The summed E-state index contributed by atoms with van der Waals surface area (Å²) in [6.07, 6.45) is 8.34. The molecule has 2 aromatic rings. The second-order valence-electron chi connectivity index (χ2n) is 8.03. The van der Waals surface area contributed by atoms with Gasteiger partial charge >= 0.3 is 6.09 Å². The summed E-state index contributed by atoms with van der Waals surface area (Å²) in [7, 11) is 0. The highest BCUT2D eigenvalue weighted by atomic mass is 16.6. The van der Waals surface area contributed by atoms with Gasteiger partial charge in [-0.1, -0.05) is 54.6 Å². The number of piperidine rings is 1. The van der Waals surface area contributed by atoms with Crippen molar-refractivity contribution in [2.45, 2.75) is 58.1 Å². The van der Waals surface area contributed by atoms with Gasteiger partial charge in [-0.3, -0.25) is 0 Å². The molecule has 0 bridgehead atoms. The lowest BCUT2D eigenvalue weighted by Gasteiger charge is -2.36. The summed E-state index contributed by atoms with van der Waals surface area (Å²) in [5, 5.41) is 2.52. The van der Waals surface area contributed by atoms with Gasteiger partial charge in [0.15, 0.2) is 0 Å². The van der Waals surface area contributed by atoms with Crippen LogP contribution in [0.4, 0.5) is 4.79 Å². The van der Waals surface area contributed by atoms with Crippen LogP contribution < -0.4 is 0 Å². The zero-order chi connectivity index (χ0) is 18.6. The van der Waals surface area contributed by atoms with Crippen LogP contribution in [0.5, 0.6) is 0 Å². The molecule has 138 valence electrons. The van der Waals surface area contributed by atoms with Crippen molar-refractivity contribution in [2.24, 2.45) is 0 Å². The maximum Gasteiger partial charge on any atom is 0.410 e. The van der Waals surface area contributed by atoms with Gasteiger partial charge < -0.3 is 9.64 Å². The molecule has 1 saturated heterocycles. The van der Waals surface area contributed by atoms with E-state index in [9.17, 15) is 4.79 Å². The fourth-order valence-corrected chi connectivity index (χ4v) is 3.55. The molecule has 1 aliphatic rings. The number of rotatable bonds is 3. The Bertz CT molecular complexity index is 783. The fourth-order valence-electron chi connectivity index (χ4n) is 3.55. The topological polar surface area (TPSA) is 29.5 Å². The molecule has 0 spiro atoms. The Kier molecular flexibility index (Phi) is 5.65. The molecule has 0 N–H and O–H groups in total. The Labute approximate surface area is 156 Å². The average molecular weight is 351 g/mol. The zero-order valence-corrected chi connectivity index (χ0v) is 16.1. The van der Waals surface area contributed by atoms with Crippen molar-refractivity contribution in [3.63, 3.8) is 0 Å². The normalized spacial score (nSPS) is 18.4. The minimum atomic E-state index is -0.447. The third-order valence-electron chi connectivity index (χ3n) is 4.78. The average Bonchev–Trinajstić information content (AvgIpc) is 2.61. The van der Waals surface area contributed by atoms with Crippen LogP contribution in [0.15, 0.2) is 48.5 Å². The first-order chi connectivity index (χ1) is 12.4. The van der Waals surface area contributed by atoms with Crippen molar-refractivity contribution in [1.82, 2.24) is 4.90 Å². The van der Waals surface area contributed by atoms with Crippen LogP contribution in [0, 0.1) is 0 Å². The maximum absolute atomic E-state index is 12.5. The van der Waals surface area contributed by atoms with E-state index in [0.29, 0.717) is 0 Å². The number of benzene rings is 2. The highest BCUT2D eigenvalue weighted by molar-refractivity contribution is 5.90. The predicted molar refractivity (Wildman–Crippen MR) is 108 cm³/mol. The number of hydrogen-bond acceptors (Lipinski definition) is 2. The van der Waals surface area contributed by atoms with Crippen LogP contribution in [0.1, 0.15) is 52.0 Å². The van der Waals surface area contributed by atoms with Gasteiger partial charge in [-0.2, -0.15) is 0 Å². The van der Waals surface area contributed by atoms with Gasteiger partial charge in [-0.15, -0.1) is 0 Å². The first kappa shape index (κ1) is 18.5. The van der Waals surface area contributed by atoms with Gasteiger partial charge in [0.1, 0.15) is 5.60 Å². The smallest absolute Gasteiger partial charge is 0.410 e. The van der Waals surface area contributed by atoms with Crippen molar-refractivity contribution in [3.8, 4) is 0 Å². The van der Waals surface area contributed by atoms with E-state index in [1.54, 1.807) is 0 Å². The number of hydrogen-bond donors (Lipinski definition) is 0. The molecule has 1 heterocycles. The summed E-state index contributed by atoms with van der Waals surface area (Å²) in [6, 6.07) is 15.0. The third-order valence-corrected chi connectivity index (χ3v) is 4.78. The first-order valence-electron chi connectivity index (χ1n) is 9.58. The SMILES string of the molecule is CC(C)(C)OC(=O)N1CCCCC1C/C=C/c1cccc2ccccc12. The molecule has 1 fully saturated rings. The first-order valence-corrected chi connectivity index (χ1v) is 9.58. The largest absolute Gasteiger partial charge is 0.444 e. The molecular formula is C23H29NO2. The molecule has 1 atom stereocenters. The van der Waals surface area contributed by atoms with Crippen molar-refractivity contribution >= 4 is 22.9 Å². The lowest BCUT2D eigenvalue weighted by Crippen LogP contribution is -2.45. The Morgan fingerprint density at radius 1 is 1.15 bits per heavy atom. The van der Waals surface area contributed by atoms with Crippen LogP contribution in [0.2, 0.25) is 0 Å². The Morgan fingerprint density at radius 2 is 1.92 bits per heavy atom. The van der Waals surface area contributed by atoms with Crippen LogP contribution >= 0.6 is 0 Å². The molecule has 0 aromatic heterocycles. The highest BCUT2D eigenvalue weighted by Gasteiger charge is 2.29. The van der Waals surface area contributed by atoms with E-state index in [1.165, 1.54) is 22.8 Å². The van der Waals surface area contributed by atoms with E-state index >= 15 is 0 Å². The molecule has 2 aromatic carbocycles. The van der Waals surface area contributed by atoms with Crippen molar-refractivity contribution in [1.29, 1.82) is 0 Å². The summed E-state index contributed by atoms with van der Waals surface area (Å²) in [5.41, 5.74) is 0.778. The molecule has 0 radical (unpaired) electrons. The molecule has 3 nitrogen and oxygen atoms in total. The van der Waals surface area contributed by atoms with Gasteiger partial charge in [-0.05, 0) is 62.8 Å². The number of fused-ring (bicyclic) bond motifs is 1. The minimum Gasteiger partial charge on any atom is -0.444 e. The van der Waals surface area contributed by atoms with E-state index in [-0.39, 0.29) is 12.1 Å². The van der Waals surface area contributed by atoms with Gasteiger partial charge in [-0.25, -0.2) is 4.79 Å². The van der Waals surface area contributed by atoms with Gasteiger partial charge in [0.05, 0.1) is 0 Å². The Balaban J connectivity index is 1.70. The minimum absolute atomic E-state index is 0.180. The molecule has 0 aliphatic carbocycles. The lowest BCUT2D eigenvalue weighted by atomic mass is 9.98. The van der Waals surface area contributed by atoms with Gasteiger partial charge in [0.25, 0.3) is 0 Å². The van der Waals surface area contributed by atoms with E-state index in [2.05, 4.69) is 54.6 Å². The number of carbonyl (C=O) groups is 1. The van der Waals surface area contributed by atoms with Crippen LogP contribution in [0.25, 0.3) is 16.8 Å². The molecule has 1 unspecified atom stereocenters. The lowest BCUT2D eigenvalue weighted by molar-refractivity contribution is 0.0103. The maximum atomic E-state index is 12.5. The third kappa shape index (κ3) is 4.66. The van der Waals surface area contributed by atoms with Crippen molar-refractivity contribution in [2.75, 3.05) is 6.54 Å². The van der Waals surface area contributed by atoms with Gasteiger partial charge in [0.2, 0.25) is 0 Å². The Hall–Kier alpha value is -2.29. The molecule has 26 heavy (non-hydrogen) atoms. The summed E-state index contributed by atoms with van der Waals surface area (Å²) >= 11 is 0. The molecule has 0 saturated carbocycles. The van der Waals surface area contributed by atoms with Crippen LogP contribution in [-0.4, -0.2) is 29.2 Å². The molecule has 1 aliphatic heterocycles. The predicted octanol–water partition coefficient (Wildman–Crippen LogP) is 6.03.